The van der Waals surface area contributed by atoms with E-state index in [0.29, 0.717) is 27.0 Å². The molecule has 10 N–H and O–H groups in total. The molecule has 4 aromatic rings. The first-order valence-corrected chi connectivity index (χ1v) is 24.2. The van der Waals surface area contributed by atoms with Crippen LogP contribution in [0.5, 0.6) is 11.5 Å². The number of unbranched alkanes of at least 4 members (excludes halogenated alkanes) is 10. The van der Waals surface area contributed by atoms with Crippen molar-refractivity contribution in [2.24, 2.45) is 11.5 Å². The molecule has 0 aromatic heterocycles. The summed E-state index contributed by atoms with van der Waals surface area (Å²) in [5.74, 6) is 1.30. The maximum Gasteiger partial charge on any atom is 0.170 e. The molecule has 0 saturated heterocycles. The van der Waals surface area contributed by atoms with Crippen LogP contribution in [0, 0.1) is 5.82 Å². The van der Waals surface area contributed by atoms with E-state index in [-0.39, 0.29) is 16.0 Å². The number of ether oxygens (including phenoxy) is 2. The van der Waals surface area contributed by atoms with Crippen molar-refractivity contribution in [3.63, 3.8) is 0 Å². The maximum absolute atomic E-state index is 13.8. The van der Waals surface area contributed by atoms with Crippen LogP contribution in [-0.2, 0) is 12.8 Å². The number of hydrogen-bond acceptors (Lipinski definition) is 6. The number of aryl methyl sites for hydroxylation is 2. The summed E-state index contributed by atoms with van der Waals surface area (Å²) in [6.45, 7) is 3.09. The standard InChI is InChI=1S/C25H34N4OS2.C22H28BrFN4OS2/c26-24(31)28-21-11-8-12-23(18-21)30-16-6-4-2-1-3-5-15-27-25(32)29-22-14-13-19-9-7-10-20(19)17-22;23-16-10-11-20(19(24)14-16)28-22(31)26-12-5-3-1-2-4-6-13-29-18-9-7-8-17(15-18)27-21(25)30/h8,11-14,17-18H,1-7,9-10,15-16H2,(H3,26,28,31)(H2,27,29,32);7-11,14-15H,1-6,12-13H2,(H3,25,27,30)(H2,26,28,31). The molecule has 10 nitrogen and oxygen atoms in total. The lowest BCUT2D eigenvalue weighted by Crippen LogP contribution is -2.29. The van der Waals surface area contributed by atoms with Crippen LogP contribution in [0.25, 0.3) is 0 Å². The molecule has 4 aromatic carbocycles. The van der Waals surface area contributed by atoms with Crippen LogP contribution >= 0.6 is 64.8 Å². The molecule has 1 aliphatic rings. The third-order valence-corrected chi connectivity index (χ3v) is 11.2. The number of halogens is 2. The summed E-state index contributed by atoms with van der Waals surface area (Å²) in [7, 11) is 0. The third-order valence-electron chi connectivity index (χ3n) is 9.99. The molecule has 0 atom stereocenters. The molecule has 0 saturated carbocycles. The van der Waals surface area contributed by atoms with Gasteiger partial charge in [0.05, 0.1) is 18.9 Å². The molecule has 0 amide bonds. The van der Waals surface area contributed by atoms with Crippen molar-refractivity contribution in [3.8, 4) is 11.5 Å². The van der Waals surface area contributed by atoms with Crippen LogP contribution in [-0.4, -0.2) is 46.8 Å². The van der Waals surface area contributed by atoms with Gasteiger partial charge in [0.15, 0.2) is 20.4 Å². The first-order valence-electron chi connectivity index (χ1n) is 21.8. The highest BCUT2D eigenvalue weighted by Gasteiger charge is 2.11. The number of nitrogens with one attached hydrogen (secondary N) is 6. The van der Waals surface area contributed by atoms with Gasteiger partial charge < -0.3 is 52.8 Å². The first kappa shape index (κ1) is 51.3. The van der Waals surface area contributed by atoms with Crippen LogP contribution in [0.2, 0.25) is 0 Å². The molecule has 0 fully saturated rings. The molecular formula is C47H62BrFN8O2S4. The molecule has 0 unspecified atom stereocenters. The Hall–Kier alpha value is -4.35. The van der Waals surface area contributed by atoms with Crippen molar-refractivity contribution in [3.05, 3.63) is 106 Å². The summed E-state index contributed by atoms with van der Waals surface area (Å²) in [6, 6.07) is 26.7. The van der Waals surface area contributed by atoms with Gasteiger partial charge in [-0.2, -0.15) is 0 Å². The van der Waals surface area contributed by atoms with E-state index in [9.17, 15) is 4.39 Å². The Kier molecular flexibility index (Phi) is 24.3. The fraction of sp³-hybridized carbons (Fsp3) is 0.404. The van der Waals surface area contributed by atoms with E-state index in [4.69, 9.17) is 69.8 Å². The highest BCUT2D eigenvalue weighted by atomic mass is 79.9. The van der Waals surface area contributed by atoms with Gasteiger partial charge >= 0.3 is 0 Å². The second-order valence-electron chi connectivity index (χ2n) is 15.2. The normalized spacial score (nSPS) is 11.3. The minimum absolute atomic E-state index is 0.240. The Morgan fingerprint density at radius 2 is 1.03 bits per heavy atom. The quantitative estimate of drug-likeness (QED) is 0.0249. The van der Waals surface area contributed by atoms with E-state index >= 15 is 0 Å². The predicted octanol–water partition coefficient (Wildman–Crippen LogP) is 11.5. The van der Waals surface area contributed by atoms with Gasteiger partial charge in [-0.15, -0.1) is 0 Å². The van der Waals surface area contributed by atoms with Gasteiger partial charge in [-0.05, 0) is 160 Å². The molecule has 1 aliphatic carbocycles. The summed E-state index contributed by atoms with van der Waals surface area (Å²) in [4.78, 5) is 0. The molecule has 5 rings (SSSR count). The minimum atomic E-state index is -0.341. The summed E-state index contributed by atoms with van der Waals surface area (Å²) in [6.07, 6.45) is 17.3. The van der Waals surface area contributed by atoms with E-state index in [2.05, 4.69) is 66.0 Å². The molecular weight excluding hydrogens is 936 g/mol. The van der Waals surface area contributed by atoms with Gasteiger partial charge in [0, 0.05) is 46.8 Å². The Morgan fingerprint density at radius 3 is 1.57 bits per heavy atom. The molecule has 340 valence electrons. The SMILES string of the molecule is NC(=S)Nc1cccc(OCCCCCCCCNC(=S)Nc2ccc(Br)cc2F)c1.NC(=S)Nc1cccc(OCCCCCCCCNC(=S)Nc2ccc3c(c2)CCC3)c1. The molecule has 0 radical (unpaired) electrons. The van der Waals surface area contributed by atoms with E-state index < -0.39 is 0 Å². The zero-order chi connectivity index (χ0) is 45.1. The third kappa shape index (κ3) is 22.2. The number of thiocarbonyl (C=S) groups is 4. The summed E-state index contributed by atoms with van der Waals surface area (Å²) >= 11 is 23.6. The Morgan fingerprint density at radius 1 is 0.540 bits per heavy atom. The smallest absolute Gasteiger partial charge is 0.170 e. The van der Waals surface area contributed by atoms with E-state index in [1.807, 2.05) is 48.5 Å². The average Bonchev–Trinajstić information content (AvgIpc) is 3.71. The molecule has 16 heteroatoms. The molecule has 0 bridgehead atoms. The number of hydrogen-bond donors (Lipinski definition) is 8. The average molecular weight is 998 g/mol. The first-order chi connectivity index (χ1) is 30.5. The topological polar surface area (TPSA) is 143 Å². The second-order valence-corrected chi connectivity index (χ2v) is 17.8. The minimum Gasteiger partial charge on any atom is -0.494 e. The van der Waals surface area contributed by atoms with Gasteiger partial charge in [-0.25, -0.2) is 4.39 Å². The van der Waals surface area contributed by atoms with E-state index in [1.165, 1.54) is 68.6 Å². The highest BCUT2D eigenvalue weighted by molar-refractivity contribution is 9.10. The Labute approximate surface area is 403 Å². The summed E-state index contributed by atoms with van der Waals surface area (Å²) in [5.41, 5.74) is 17.1. The van der Waals surface area contributed by atoms with Gasteiger partial charge in [-0.1, -0.05) is 85.5 Å². The van der Waals surface area contributed by atoms with Crippen molar-refractivity contribution < 1.29 is 13.9 Å². The zero-order valence-electron chi connectivity index (χ0n) is 35.9. The number of benzene rings is 4. The predicted molar refractivity (Wildman–Crippen MR) is 281 cm³/mol. The number of rotatable bonds is 24. The van der Waals surface area contributed by atoms with Crippen molar-refractivity contribution in [2.75, 3.05) is 47.6 Å². The molecule has 0 spiro atoms. The van der Waals surface area contributed by atoms with Crippen molar-refractivity contribution in [1.82, 2.24) is 10.6 Å². The number of fused-ring (bicyclic) bond motifs is 1. The van der Waals surface area contributed by atoms with Gasteiger partial charge in [0.2, 0.25) is 0 Å². The van der Waals surface area contributed by atoms with Crippen LogP contribution in [0.4, 0.5) is 27.1 Å². The van der Waals surface area contributed by atoms with Crippen LogP contribution in [0.15, 0.2) is 89.4 Å². The molecule has 63 heavy (non-hydrogen) atoms. The maximum atomic E-state index is 13.8. The largest absolute Gasteiger partial charge is 0.494 e. The van der Waals surface area contributed by atoms with Crippen LogP contribution < -0.4 is 52.8 Å². The molecule has 0 heterocycles. The summed E-state index contributed by atoms with van der Waals surface area (Å²) in [5, 5.41) is 20.1. The Bertz CT molecular complexity index is 2060. The monoisotopic (exact) mass is 996 g/mol. The van der Waals surface area contributed by atoms with Gasteiger partial charge in [0.1, 0.15) is 17.3 Å². The van der Waals surface area contributed by atoms with Crippen molar-refractivity contribution >= 4 is 108 Å². The second kappa shape index (κ2) is 29.9. The van der Waals surface area contributed by atoms with Crippen LogP contribution in [0.3, 0.4) is 0 Å². The lowest BCUT2D eigenvalue weighted by atomic mass is 10.1. The zero-order valence-corrected chi connectivity index (χ0v) is 40.7. The molecule has 0 aliphatic heterocycles. The van der Waals surface area contributed by atoms with Crippen molar-refractivity contribution in [1.29, 1.82) is 0 Å². The van der Waals surface area contributed by atoms with Crippen molar-refractivity contribution in [2.45, 2.75) is 96.3 Å². The van der Waals surface area contributed by atoms with E-state index in [0.717, 1.165) is 93.2 Å². The summed E-state index contributed by atoms with van der Waals surface area (Å²) < 4.78 is 26.1. The van der Waals surface area contributed by atoms with Gasteiger partial charge in [0.25, 0.3) is 0 Å². The fourth-order valence-electron chi connectivity index (χ4n) is 6.85. The lowest BCUT2D eigenvalue weighted by molar-refractivity contribution is 0.304. The van der Waals surface area contributed by atoms with Gasteiger partial charge in [-0.3, -0.25) is 0 Å². The highest BCUT2D eigenvalue weighted by Crippen LogP contribution is 2.25. The van der Waals surface area contributed by atoms with E-state index in [1.54, 1.807) is 12.1 Å². The van der Waals surface area contributed by atoms with Crippen LogP contribution in [0.1, 0.15) is 94.6 Å². The number of nitrogens with two attached hydrogens (primary N) is 2. The lowest BCUT2D eigenvalue weighted by Gasteiger charge is -2.12. The number of anilines is 4. The Balaban J connectivity index is 0.000000277. The fourth-order valence-corrected chi connectivity index (χ4v) is 7.85.